The molecule has 29 heavy (non-hydrogen) atoms. The van der Waals surface area contributed by atoms with Crippen LogP contribution in [-0.4, -0.2) is 31.2 Å². The van der Waals surface area contributed by atoms with Gasteiger partial charge in [0.25, 0.3) is 0 Å². The molecule has 0 saturated heterocycles. The molecule has 0 radical (unpaired) electrons. The van der Waals surface area contributed by atoms with Gasteiger partial charge in [-0.3, -0.25) is 0 Å². The number of halogens is 1. The van der Waals surface area contributed by atoms with Crippen LogP contribution >= 0.6 is 0 Å². The first-order chi connectivity index (χ1) is 14.1. The van der Waals surface area contributed by atoms with Crippen molar-refractivity contribution in [3.63, 3.8) is 0 Å². The number of hydrazine groups is 1. The maximum atomic E-state index is 14.3. The second-order valence-corrected chi connectivity index (χ2v) is 6.45. The maximum absolute atomic E-state index is 14.3. The normalized spacial score (nSPS) is 12.5. The second kappa shape index (κ2) is 7.80. The highest BCUT2D eigenvalue weighted by molar-refractivity contribution is 5.66. The van der Waals surface area contributed by atoms with Crippen LogP contribution < -0.4 is 30.5 Å². The topological polar surface area (TPSA) is 83.6 Å². The maximum Gasteiger partial charge on any atom is 0.229 e. The molecule has 4 rings (SSSR count). The van der Waals surface area contributed by atoms with E-state index in [4.69, 9.17) is 9.47 Å². The number of fused-ring (bicyclic) bond motifs is 1. The van der Waals surface area contributed by atoms with Gasteiger partial charge in [-0.2, -0.15) is 4.98 Å². The molecule has 1 aromatic heterocycles. The summed E-state index contributed by atoms with van der Waals surface area (Å²) in [4.78, 5) is 8.30. The molecule has 1 aliphatic rings. The van der Waals surface area contributed by atoms with Crippen molar-refractivity contribution in [2.75, 3.05) is 36.9 Å². The standard InChI is InChI=1S/C20H21FN6O2/c1-27-16-6-4-13(8-12(16)10-23-27)25-20-22-11-15(21)19(26-20)24-14-5-7-17(28-2)18(9-14)29-3/h4-9,11,23H,10H2,1-3H3,(H2,22,24,25,26). The van der Waals surface area contributed by atoms with Gasteiger partial charge in [0.15, 0.2) is 23.1 Å². The Bertz CT molecular complexity index is 1050. The number of aromatic nitrogens is 2. The highest BCUT2D eigenvalue weighted by Gasteiger charge is 2.16. The summed E-state index contributed by atoms with van der Waals surface area (Å²) in [5, 5.41) is 8.05. The zero-order chi connectivity index (χ0) is 20.4. The summed E-state index contributed by atoms with van der Waals surface area (Å²) in [5.41, 5.74) is 6.94. The molecule has 0 saturated carbocycles. The summed E-state index contributed by atoms with van der Waals surface area (Å²) < 4.78 is 24.8. The largest absolute Gasteiger partial charge is 0.493 e. The number of benzene rings is 2. The highest BCUT2D eigenvalue weighted by Crippen LogP contribution is 2.32. The van der Waals surface area contributed by atoms with Gasteiger partial charge >= 0.3 is 0 Å². The third-order valence-corrected chi connectivity index (χ3v) is 4.59. The van der Waals surface area contributed by atoms with Crippen molar-refractivity contribution >= 4 is 28.8 Å². The number of nitrogens with zero attached hydrogens (tertiary/aromatic N) is 3. The number of rotatable bonds is 6. The Labute approximate surface area is 167 Å². The van der Waals surface area contributed by atoms with E-state index < -0.39 is 5.82 Å². The predicted molar refractivity (Wildman–Crippen MR) is 110 cm³/mol. The zero-order valence-electron chi connectivity index (χ0n) is 16.3. The minimum absolute atomic E-state index is 0.0530. The Balaban J connectivity index is 1.55. The van der Waals surface area contributed by atoms with E-state index in [1.165, 1.54) is 0 Å². The summed E-state index contributed by atoms with van der Waals surface area (Å²) >= 11 is 0. The molecule has 0 bridgehead atoms. The van der Waals surface area contributed by atoms with Gasteiger partial charge in [0.2, 0.25) is 5.95 Å². The van der Waals surface area contributed by atoms with Crippen LogP contribution in [0.5, 0.6) is 11.5 Å². The molecule has 9 heteroatoms. The molecule has 1 aliphatic heterocycles. The van der Waals surface area contributed by atoms with E-state index in [1.54, 1.807) is 32.4 Å². The smallest absolute Gasteiger partial charge is 0.229 e. The van der Waals surface area contributed by atoms with Gasteiger partial charge in [-0.15, -0.1) is 0 Å². The molecule has 2 heterocycles. The van der Waals surface area contributed by atoms with Gasteiger partial charge in [0.1, 0.15) is 0 Å². The van der Waals surface area contributed by atoms with Crippen molar-refractivity contribution in [2.24, 2.45) is 0 Å². The lowest BCUT2D eigenvalue weighted by molar-refractivity contribution is 0.355. The van der Waals surface area contributed by atoms with Crippen LogP contribution in [0.25, 0.3) is 0 Å². The van der Waals surface area contributed by atoms with Crippen LogP contribution in [0.15, 0.2) is 42.6 Å². The molecular weight excluding hydrogens is 375 g/mol. The van der Waals surface area contributed by atoms with Crippen molar-refractivity contribution in [3.05, 3.63) is 54.0 Å². The Morgan fingerprint density at radius 1 is 1.03 bits per heavy atom. The molecule has 0 unspecified atom stereocenters. The first-order valence-electron chi connectivity index (χ1n) is 8.96. The number of ether oxygens (including phenoxy) is 2. The molecule has 150 valence electrons. The van der Waals surface area contributed by atoms with Gasteiger partial charge in [-0.05, 0) is 35.9 Å². The van der Waals surface area contributed by atoms with Crippen molar-refractivity contribution < 1.29 is 13.9 Å². The molecule has 0 amide bonds. The minimum Gasteiger partial charge on any atom is -0.493 e. The number of methoxy groups -OCH3 is 2. The summed E-state index contributed by atoms with van der Waals surface area (Å²) in [6.45, 7) is 0.748. The number of hydrogen-bond donors (Lipinski definition) is 3. The number of hydrogen-bond acceptors (Lipinski definition) is 8. The lowest BCUT2D eigenvalue weighted by Gasteiger charge is -2.13. The van der Waals surface area contributed by atoms with Crippen LogP contribution in [0.1, 0.15) is 5.56 Å². The average Bonchev–Trinajstić information content (AvgIpc) is 3.10. The molecule has 3 N–H and O–H groups in total. The summed E-state index contributed by atoms with van der Waals surface area (Å²) in [6, 6.07) is 11.1. The molecular formula is C20H21FN6O2. The lowest BCUT2D eigenvalue weighted by atomic mass is 10.1. The quantitative estimate of drug-likeness (QED) is 0.583. The van der Waals surface area contributed by atoms with E-state index in [9.17, 15) is 4.39 Å². The molecule has 3 aromatic rings. The van der Waals surface area contributed by atoms with Gasteiger partial charge in [0, 0.05) is 31.0 Å². The molecule has 0 atom stereocenters. The fourth-order valence-corrected chi connectivity index (χ4v) is 3.12. The Morgan fingerprint density at radius 2 is 1.79 bits per heavy atom. The Hall–Kier alpha value is -3.59. The van der Waals surface area contributed by atoms with Crippen LogP contribution in [0.3, 0.4) is 0 Å². The van der Waals surface area contributed by atoms with Gasteiger partial charge in [-0.25, -0.2) is 14.8 Å². The van der Waals surface area contributed by atoms with E-state index in [2.05, 4.69) is 26.0 Å². The van der Waals surface area contributed by atoms with E-state index in [-0.39, 0.29) is 11.8 Å². The van der Waals surface area contributed by atoms with Crippen LogP contribution in [-0.2, 0) is 6.54 Å². The van der Waals surface area contributed by atoms with Crippen LogP contribution in [0.2, 0.25) is 0 Å². The highest BCUT2D eigenvalue weighted by atomic mass is 19.1. The third kappa shape index (κ3) is 3.85. The summed E-state index contributed by atoms with van der Waals surface area (Å²) in [5.74, 6) is 0.887. The molecule has 2 aromatic carbocycles. The fraction of sp³-hybridized carbons (Fsp3) is 0.200. The predicted octanol–water partition coefficient (Wildman–Crippen LogP) is 3.57. The summed E-state index contributed by atoms with van der Waals surface area (Å²) in [7, 11) is 5.06. The van der Waals surface area contributed by atoms with Crippen molar-refractivity contribution in [1.29, 1.82) is 0 Å². The second-order valence-electron chi connectivity index (χ2n) is 6.45. The Morgan fingerprint density at radius 3 is 2.59 bits per heavy atom. The molecule has 0 spiro atoms. The van der Waals surface area contributed by atoms with Gasteiger partial charge in [0.05, 0.1) is 26.1 Å². The van der Waals surface area contributed by atoms with Gasteiger partial charge in [-0.1, -0.05) is 0 Å². The lowest BCUT2D eigenvalue weighted by Crippen LogP contribution is -2.26. The van der Waals surface area contributed by atoms with E-state index in [1.807, 2.05) is 30.3 Å². The van der Waals surface area contributed by atoms with Crippen molar-refractivity contribution in [3.8, 4) is 11.5 Å². The van der Waals surface area contributed by atoms with Crippen LogP contribution in [0.4, 0.5) is 33.2 Å². The molecule has 8 nitrogen and oxygen atoms in total. The van der Waals surface area contributed by atoms with Crippen LogP contribution in [0, 0.1) is 5.82 Å². The zero-order valence-corrected chi connectivity index (χ0v) is 16.3. The van der Waals surface area contributed by atoms with Gasteiger partial charge < -0.3 is 25.1 Å². The first kappa shape index (κ1) is 18.8. The van der Waals surface area contributed by atoms with E-state index in [0.29, 0.717) is 17.2 Å². The van der Waals surface area contributed by atoms with Crippen molar-refractivity contribution in [1.82, 2.24) is 15.4 Å². The molecule has 0 fully saturated rings. The summed E-state index contributed by atoms with van der Waals surface area (Å²) in [6.07, 6.45) is 1.13. The number of nitrogens with one attached hydrogen (secondary N) is 3. The van der Waals surface area contributed by atoms with E-state index in [0.717, 1.165) is 29.7 Å². The SMILES string of the molecule is COc1ccc(Nc2nc(Nc3ccc4c(c3)CNN4C)ncc2F)cc1OC. The third-order valence-electron chi connectivity index (χ3n) is 4.59. The Kier molecular flexibility index (Phi) is 5.05. The number of anilines is 5. The monoisotopic (exact) mass is 396 g/mol. The average molecular weight is 396 g/mol. The fourth-order valence-electron chi connectivity index (χ4n) is 3.12. The minimum atomic E-state index is -0.565. The first-order valence-corrected chi connectivity index (χ1v) is 8.96. The molecule has 0 aliphatic carbocycles. The van der Waals surface area contributed by atoms with E-state index >= 15 is 0 Å². The van der Waals surface area contributed by atoms with Crippen molar-refractivity contribution in [2.45, 2.75) is 6.54 Å².